The summed E-state index contributed by atoms with van der Waals surface area (Å²) in [7, 11) is 0. The van der Waals surface area contributed by atoms with Crippen molar-refractivity contribution in [3.8, 4) is 67.5 Å². The molecule has 16 rings (SSSR count). The first kappa shape index (κ1) is 43.7. The van der Waals surface area contributed by atoms with Crippen molar-refractivity contribution in [2.24, 2.45) is 5.92 Å². The van der Waals surface area contributed by atoms with Gasteiger partial charge in [-0.15, -0.1) is 0 Å². The van der Waals surface area contributed by atoms with Crippen LogP contribution < -0.4 is 14.4 Å². The zero-order chi connectivity index (χ0) is 50.7. The Kier molecular flexibility index (Phi) is 9.59. The molecule has 0 aromatic heterocycles. The van der Waals surface area contributed by atoms with Gasteiger partial charge >= 0.3 is 0 Å². The van der Waals surface area contributed by atoms with Crippen molar-refractivity contribution < 1.29 is 9.47 Å². The second kappa shape index (κ2) is 16.9. The number of allylic oxidation sites excluding steroid dienone is 4. The summed E-state index contributed by atoms with van der Waals surface area (Å²) >= 11 is 0. The fourth-order valence-corrected chi connectivity index (χ4v) is 14.3. The van der Waals surface area contributed by atoms with E-state index in [9.17, 15) is 0 Å². The molecule has 0 amide bonds. The lowest BCUT2D eigenvalue weighted by Crippen LogP contribution is -2.37. The van der Waals surface area contributed by atoms with Gasteiger partial charge in [0, 0.05) is 50.9 Å². The van der Waals surface area contributed by atoms with Crippen LogP contribution in [0, 0.1) is 5.92 Å². The van der Waals surface area contributed by atoms with Crippen molar-refractivity contribution in [1.29, 1.82) is 0 Å². The Balaban J connectivity index is 0.940. The highest BCUT2D eigenvalue weighted by atomic mass is 16.5. The van der Waals surface area contributed by atoms with E-state index >= 15 is 0 Å². The van der Waals surface area contributed by atoms with Crippen molar-refractivity contribution in [3.63, 3.8) is 0 Å². The number of para-hydroxylation sites is 5. The van der Waals surface area contributed by atoms with Crippen molar-refractivity contribution in [3.05, 3.63) is 330 Å². The van der Waals surface area contributed by atoms with Gasteiger partial charge in [-0.05, 0) is 104 Å². The second-order valence-corrected chi connectivity index (χ2v) is 20.9. The van der Waals surface area contributed by atoms with Crippen molar-refractivity contribution in [1.82, 2.24) is 0 Å². The van der Waals surface area contributed by atoms with Gasteiger partial charge in [-0.2, -0.15) is 0 Å². The van der Waals surface area contributed by atoms with E-state index in [0.29, 0.717) is 0 Å². The average Bonchev–Trinajstić information content (AvgIpc) is 4.16. The second-order valence-electron chi connectivity index (χ2n) is 20.9. The van der Waals surface area contributed by atoms with Crippen LogP contribution in [0.2, 0.25) is 0 Å². The van der Waals surface area contributed by atoms with E-state index in [2.05, 4.69) is 290 Å². The van der Waals surface area contributed by atoms with Crippen LogP contribution in [0.1, 0.15) is 50.4 Å². The standard InChI is InChI=1S/C74H49NO2/c1-2-20-48(21-3-1)49-40-42-50(43-41-49)51-44-46-52(47-45-51)75(66-35-19-33-64-72(66)56-24-5-8-27-58(56)74(64)61-30-11-16-38-69(61)77-70-39-17-12-31-62(70)74)65-34-13-6-22-53(65)54-25-18-32-63-71(54)55-23-4-7-26-57(55)73(63)59-28-9-14-36-67(59)76-68-37-15-10-29-60(68)73/h1-47,55,57H. The first-order chi connectivity index (χ1) is 38.2. The molecule has 0 fully saturated rings. The van der Waals surface area contributed by atoms with E-state index < -0.39 is 10.8 Å². The normalized spacial score (nSPS) is 16.6. The summed E-state index contributed by atoms with van der Waals surface area (Å²) in [5.41, 5.74) is 21.6. The summed E-state index contributed by atoms with van der Waals surface area (Å²) in [5, 5.41) is 0. The SMILES string of the molecule is C1=CC2c3c(-c4ccccc4N(c4ccc(-c5ccc(-c6ccccc6)cc5)cc4)c4cccc5c4-c4ccccc4C54c5ccccc5Oc5ccccc54)cccc3C3(c4ccccc4Oc4ccccc43)C2C=C1. The maximum atomic E-state index is 6.78. The van der Waals surface area contributed by atoms with Crippen molar-refractivity contribution >= 4 is 17.1 Å². The van der Waals surface area contributed by atoms with Gasteiger partial charge in [-0.3, -0.25) is 0 Å². The summed E-state index contributed by atoms with van der Waals surface area (Å²) in [5.74, 6) is 3.80. The van der Waals surface area contributed by atoms with Gasteiger partial charge in [0.25, 0.3) is 0 Å². The summed E-state index contributed by atoms with van der Waals surface area (Å²) < 4.78 is 13.5. The number of benzene rings is 11. The summed E-state index contributed by atoms with van der Waals surface area (Å²) in [6.07, 6.45) is 9.40. The Morgan fingerprint density at radius 1 is 0.312 bits per heavy atom. The summed E-state index contributed by atoms with van der Waals surface area (Å²) in [4.78, 5) is 2.54. The lowest BCUT2D eigenvalue weighted by molar-refractivity contribution is 0.374. The van der Waals surface area contributed by atoms with E-state index in [0.717, 1.165) is 62.3 Å². The largest absolute Gasteiger partial charge is 0.457 e. The number of rotatable bonds is 6. The van der Waals surface area contributed by atoms with Crippen LogP contribution in [-0.4, -0.2) is 0 Å². The number of ether oxygens (including phenoxy) is 2. The molecule has 2 atom stereocenters. The number of nitrogens with zero attached hydrogens (tertiary/aromatic N) is 1. The zero-order valence-electron chi connectivity index (χ0n) is 42.1. The summed E-state index contributed by atoms with van der Waals surface area (Å²) in [6.45, 7) is 0. The lowest BCUT2D eigenvalue weighted by atomic mass is 9.62. The topological polar surface area (TPSA) is 21.7 Å². The fraction of sp³-hybridized carbons (Fsp3) is 0.0541. The number of hydrogen-bond acceptors (Lipinski definition) is 3. The maximum Gasteiger partial charge on any atom is 0.132 e. The zero-order valence-corrected chi connectivity index (χ0v) is 42.1. The van der Waals surface area contributed by atoms with E-state index in [4.69, 9.17) is 9.47 Å². The minimum absolute atomic E-state index is 0.0980. The molecule has 0 saturated heterocycles. The highest BCUT2D eigenvalue weighted by Gasteiger charge is 2.57. The molecule has 2 unspecified atom stereocenters. The van der Waals surface area contributed by atoms with Gasteiger partial charge in [0.05, 0.1) is 22.2 Å². The molecule has 11 aromatic carbocycles. The highest BCUT2D eigenvalue weighted by Crippen LogP contribution is 2.67. The Hall–Kier alpha value is -9.70. The van der Waals surface area contributed by atoms with Crippen LogP contribution in [-0.2, 0) is 10.8 Å². The van der Waals surface area contributed by atoms with Gasteiger partial charge in [0.2, 0.25) is 0 Å². The quantitative estimate of drug-likeness (QED) is 0.166. The molecule has 0 bridgehead atoms. The molecule has 0 saturated carbocycles. The minimum Gasteiger partial charge on any atom is -0.457 e. The van der Waals surface area contributed by atoms with E-state index in [-0.39, 0.29) is 11.8 Å². The molecule has 2 heterocycles. The third-order valence-corrected chi connectivity index (χ3v) is 17.3. The molecule has 3 nitrogen and oxygen atoms in total. The highest BCUT2D eigenvalue weighted by molar-refractivity contribution is 6.01. The van der Waals surface area contributed by atoms with Crippen molar-refractivity contribution in [2.75, 3.05) is 4.90 Å². The van der Waals surface area contributed by atoms with Crippen LogP contribution in [0.5, 0.6) is 23.0 Å². The minimum atomic E-state index is -0.630. The number of hydrogen-bond donors (Lipinski definition) is 0. The predicted octanol–water partition coefficient (Wildman–Crippen LogP) is 18.9. The molecule has 362 valence electrons. The van der Waals surface area contributed by atoms with Gasteiger partial charge in [0.15, 0.2) is 0 Å². The van der Waals surface area contributed by atoms with Gasteiger partial charge in [-0.1, -0.05) is 237 Å². The van der Waals surface area contributed by atoms with Gasteiger partial charge in [0.1, 0.15) is 23.0 Å². The smallest absolute Gasteiger partial charge is 0.132 e. The Morgan fingerprint density at radius 3 is 1.40 bits per heavy atom. The van der Waals surface area contributed by atoms with E-state index in [1.807, 2.05) is 0 Å². The third kappa shape index (κ3) is 6.14. The van der Waals surface area contributed by atoms with Crippen LogP contribution in [0.3, 0.4) is 0 Å². The first-order valence-electron chi connectivity index (χ1n) is 26.8. The molecule has 5 aliphatic rings. The van der Waals surface area contributed by atoms with Crippen LogP contribution in [0.15, 0.2) is 285 Å². The number of fused-ring (bicyclic) bond motifs is 18. The molecular weight excluding hydrogens is 935 g/mol. The average molecular weight is 984 g/mol. The maximum absolute atomic E-state index is 6.78. The van der Waals surface area contributed by atoms with E-state index in [1.165, 1.54) is 66.8 Å². The molecule has 0 N–H and O–H groups in total. The van der Waals surface area contributed by atoms with Gasteiger partial charge in [-0.25, -0.2) is 0 Å². The van der Waals surface area contributed by atoms with Crippen LogP contribution in [0.25, 0.3) is 44.5 Å². The molecule has 2 aliphatic heterocycles. The van der Waals surface area contributed by atoms with Crippen LogP contribution >= 0.6 is 0 Å². The molecule has 3 heteroatoms. The molecule has 0 radical (unpaired) electrons. The fourth-order valence-electron chi connectivity index (χ4n) is 14.3. The van der Waals surface area contributed by atoms with E-state index in [1.54, 1.807) is 0 Å². The molecule has 11 aromatic rings. The Labute approximate surface area is 449 Å². The number of anilines is 3. The third-order valence-electron chi connectivity index (χ3n) is 17.3. The molecule has 2 spiro atoms. The monoisotopic (exact) mass is 983 g/mol. The Morgan fingerprint density at radius 2 is 0.753 bits per heavy atom. The summed E-state index contributed by atoms with van der Waals surface area (Å²) in [6, 6.07) is 95.6. The molecule has 3 aliphatic carbocycles. The first-order valence-corrected chi connectivity index (χ1v) is 26.8. The Bertz CT molecular complexity index is 4150. The lowest BCUT2D eigenvalue weighted by Gasteiger charge is -2.43. The van der Waals surface area contributed by atoms with Crippen LogP contribution in [0.4, 0.5) is 17.1 Å². The molecule has 77 heavy (non-hydrogen) atoms. The molecular formula is C74H49NO2. The van der Waals surface area contributed by atoms with Crippen molar-refractivity contribution in [2.45, 2.75) is 16.7 Å². The van der Waals surface area contributed by atoms with Gasteiger partial charge < -0.3 is 14.4 Å². The predicted molar refractivity (Wildman–Crippen MR) is 312 cm³/mol.